The lowest BCUT2D eigenvalue weighted by molar-refractivity contribution is 0.860. The van der Waals surface area contributed by atoms with Crippen molar-refractivity contribution in [2.75, 3.05) is 11.9 Å². The minimum Gasteiger partial charge on any atom is -0.369 e. The van der Waals surface area contributed by atoms with E-state index in [1.165, 1.54) is 5.56 Å². The number of aromatic nitrogens is 3. The molecule has 25 heavy (non-hydrogen) atoms. The summed E-state index contributed by atoms with van der Waals surface area (Å²) in [5.41, 5.74) is 3.33. The number of thiophene rings is 1. The van der Waals surface area contributed by atoms with Gasteiger partial charge in [-0.2, -0.15) is 0 Å². The number of pyridine rings is 1. The molecule has 0 aliphatic heterocycles. The Balaban J connectivity index is 1.51. The lowest BCUT2D eigenvalue weighted by Crippen LogP contribution is -2.06. The Bertz CT molecular complexity index is 951. The van der Waals surface area contributed by atoms with Crippen LogP contribution in [0.5, 0.6) is 0 Å². The van der Waals surface area contributed by atoms with Gasteiger partial charge in [-0.1, -0.05) is 30.3 Å². The van der Waals surface area contributed by atoms with Crippen LogP contribution in [-0.2, 0) is 6.42 Å². The van der Waals surface area contributed by atoms with E-state index in [1.807, 2.05) is 18.2 Å². The molecule has 0 atom stereocenters. The van der Waals surface area contributed by atoms with Gasteiger partial charge in [-0.3, -0.25) is 4.98 Å². The number of fused-ring (bicyclic) bond motifs is 1. The van der Waals surface area contributed by atoms with Crippen molar-refractivity contribution in [2.45, 2.75) is 12.8 Å². The molecule has 0 aliphatic rings. The van der Waals surface area contributed by atoms with E-state index in [-0.39, 0.29) is 0 Å². The van der Waals surface area contributed by atoms with E-state index in [0.717, 1.165) is 46.8 Å². The maximum atomic E-state index is 4.75. The predicted molar refractivity (Wildman–Crippen MR) is 104 cm³/mol. The van der Waals surface area contributed by atoms with Crippen LogP contribution in [0.2, 0.25) is 0 Å². The van der Waals surface area contributed by atoms with E-state index in [1.54, 1.807) is 23.7 Å². The van der Waals surface area contributed by atoms with E-state index in [2.05, 4.69) is 51.0 Å². The predicted octanol–water partition coefficient (Wildman–Crippen LogP) is 4.80. The molecule has 0 saturated heterocycles. The number of anilines is 1. The number of nitrogens with zero attached hydrogens (tertiary/aromatic N) is 3. The fourth-order valence-corrected chi connectivity index (χ4v) is 3.55. The average molecular weight is 346 g/mol. The highest BCUT2D eigenvalue weighted by atomic mass is 32.1. The second-order valence-electron chi connectivity index (χ2n) is 5.78. The second-order valence-corrected chi connectivity index (χ2v) is 6.70. The van der Waals surface area contributed by atoms with Crippen molar-refractivity contribution in [3.8, 4) is 11.4 Å². The van der Waals surface area contributed by atoms with E-state index < -0.39 is 0 Å². The SMILES string of the molecule is c1ccc(CCCNc2nc(-c3ccncc3)nc3ccsc23)cc1. The van der Waals surface area contributed by atoms with Gasteiger partial charge in [0.1, 0.15) is 5.82 Å². The molecule has 3 aromatic heterocycles. The number of hydrogen-bond donors (Lipinski definition) is 1. The molecule has 0 fully saturated rings. The van der Waals surface area contributed by atoms with Crippen molar-refractivity contribution in [1.82, 2.24) is 15.0 Å². The Morgan fingerprint density at radius 1 is 0.920 bits per heavy atom. The van der Waals surface area contributed by atoms with Gasteiger partial charge in [-0.05, 0) is 42.0 Å². The molecule has 0 unspecified atom stereocenters. The monoisotopic (exact) mass is 346 g/mol. The molecular formula is C20H18N4S. The summed E-state index contributed by atoms with van der Waals surface area (Å²) in [5, 5.41) is 5.56. The smallest absolute Gasteiger partial charge is 0.162 e. The van der Waals surface area contributed by atoms with Crippen molar-refractivity contribution in [2.24, 2.45) is 0 Å². The Morgan fingerprint density at radius 3 is 2.60 bits per heavy atom. The van der Waals surface area contributed by atoms with Crippen LogP contribution in [0.4, 0.5) is 5.82 Å². The van der Waals surface area contributed by atoms with Gasteiger partial charge in [0.15, 0.2) is 5.82 Å². The molecule has 5 heteroatoms. The first-order chi connectivity index (χ1) is 12.4. The van der Waals surface area contributed by atoms with Gasteiger partial charge in [0.25, 0.3) is 0 Å². The summed E-state index contributed by atoms with van der Waals surface area (Å²) in [6, 6.07) is 16.5. The maximum absolute atomic E-state index is 4.75. The van der Waals surface area contributed by atoms with Crippen molar-refractivity contribution >= 4 is 27.4 Å². The Morgan fingerprint density at radius 2 is 1.76 bits per heavy atom. The fourth-order valence-electron chi connectivity index (χ4n) is 2.76. The number of benzene rings is 1. The number of rotatable bonds is 6. The van der Waals surface area contributed by atoms with Crippen LogP contribution in [-0.4, -0.2) is 21.5 Å². The van der Waals surface area contributed by atoms with E-state index in [0.29, 0.717) is 0 Å². The highest BCUT2D eigenvalue weighted by molar-refractivity contribution is 7.17. The zero-order valence-electron chi connectivity index (χ0n) is 13.7. The van der Waals surface area contributed by atoms with Crippen LogP contribution in [0.15, 0.2) is 66.3 Å². The molecule has 3 heterocycles. The Hall–Kier alpha value is -2.79. The molecule has 4 nitrogen and oxygen atoms in total. The molecule has 4 rings (SSSR count). The maximum Gasteiger partial charge on any atom is 0.162 e. The lowest BCUT2D eigenvalue weighted by Gasteiger charge is -2.09. The molecule has 4 aromatic rings. The molecular weight excluding hydrogens is 328 g/mol. The average Bonchev–Trinajstić information content (AvgIpc) is 3.15. The van der Waals surface area contributed by atoms with Crippen LogP contribution in [0.1, 0.15) is 12.0 Å². The zero-order valence-corrected chi connectivity index (χ0v) is 14.5. The largest absolute Gasteiger partial charge is 0.369 e. The molecule has 0 aliphatic carbocycles. The van der Waals surface area contributed by atoms with Gasteiger partial charge in [0.05, 0.1) is 10.2 Å². The standard InChI is InChI=1S/C20H18N4S/c1-2-5-15(6-3-1)7-4-11-22-20-18-17(10-14-25-18)23-19(24-20)16-8-12-21-13-9-16/h1-3,5-6,8-10,12-14H,4,7,11H2,(H,22,23,24). The van der Waals surface area contributed by atoms with E-state index >= 15 is 0 Å². The summed E-state index contributed by atoms with van der Waals surface area (Å²) >= 11 is 1.67. The normalized spacial score (nSPS) is 10.9. The van der Waals surface area contributed by atoms with E-state index in [4.69, 9.17) is 4.98 Å². The molecule has 0 radical (unpaired) electrons. The number of hydrogen-bond acceptors (Lipinski definition) is 5. The highest BCUT2D eigenvalue weighted by Gasteiger charge is 2.10. The van der Waals surface area contributed by atoms with Crippen LogP contribution < -0.4 is 5.32 Å². The van der Waals surface area contributed by atoms with Crippen molar-refractivity contribution in [1.29, 1.82) is 0 Å². The van der Waals surface area contributed by atoms with Crippen LogP contribution in [0, 0.1) is 0 Å². The number of aryl methyl sites for hydroxylation is 1. The second kappa shape index (κ2) is 7.40. The van der Waals surface area contributed by atoms with Gasteiger partial charge in [-0.25, -0.2) is 9.97 Å². The summed E-state index contributed by atoms with van der Waals surface area (Å²) < 4.78 is 1.11. The summed E-state index contributed by atoms with van der Waals surface area (Å²) in [6.45, 7) is 0.884. The highest BCUT2D eigenvalue weighted by Crippen LogP contribution is 2.28. The molecule has 1 aromatic carbocycles. The summed E-state index contributed by atoms with van der Waals surface area (Å²) in [4.78, 5) is 13.5. The number of nitrogens with one attached hydrogen (secondary N) is 1. The summed E-state index contributed by atoms with van der Waals surface area (Å²) in [6.07, 6.45) is 5.65. The molecule has 1 N–H and O–H groups in total. The third-order valence-electron chi connectivity index (χ3n) is 4.02. The first-order valence-electron chi connectivity index (χ1n) is 8.33. The quantitative estimate of drug-likeness (QED) is 0.510. The topological polar surface area (TPSA) is 50.7 Å². The third kappa shape index (κ3) is 3.67. The van der Waals surface area contributed by atoms with E-state index in [9.17, 15) is 0 Å². The zero-order chi connectivity index (χ0) is 16.9. The minimum atomic E-state index is 0.735. The van der Waals surface area contributed by atoms with Crippen molar-refractivity contribution in [3.63, 3.8) is 0 Å². The van der Waals surface area contributed by atoms with Gasteiger partial charge >= 0.3 is 0 Å². The fraction of sp³-hybridized carbons (Fsp3) is 0.150. The van der Waals surface area contributed by atoms with Gasteiger partial charge in [0.2, 0.25) is 0 Å². The Kier molecular flexibility index (Phi) is 4.65. The molecule has 0 amide bonds. The summed E-state index contributed by atoms with van der Waals surface area (Å²) in [5.74, 6) is 1.65. The summed E-state index contributed by atoms with van der Waals surface area (Å²) in [7, 11) is 0. The molecule has 0 saturated carbocycles. The van der Waals surface area contributed by atoms with Gasteiger partial charge in [-0.15, -0.1) is 11.3 Å². The molecule has 0 spiro atoms. The lowest BCUT2D eigenvalue weighted by atomic mass is 10.1. The first kappa shape index (κ1) is 15.7. The molecule has 0 bridgehead atoms. The molecule has 124 valence electrons. The van der Waals surface area contributed by atoms with Crippen LogP contribution >= 0.6 is 11.3 Å². The van der Waals surface area contributed by atoms with Crippen LogP contribution in [0.3, 0.4) is 0 Å². The minimum absolute atomic E-state index is 0.735. The Labute approximate surface area is 150 Å². The van der Waals surface area contributed by atoms with Gasteiger partial charge in [0, 0.05) is 24.5 Å². The van der Waals surface area contributed by atoms with Crippen molar-refractivity contribution < 1.29 is 0 Å². The van der Waals surface area contributed by atoms with Crippen molar-refractivity contribution in [3.05, 3.63) is 71.9 Å². The van der Waals surface area contributed by atoms with Gasteiger partial charge < -0.3 is 5.32 Å². The third-order valence-corrected chi connectivity index (χ3v) is 4.93. The van der Waals surface area contributed by atoms with Crippen LogP contribution in [0.25, 0.3) is 21.6 Å². The first-order valence-corrected chi connectivity index (χ1v) is 9.21.